The molecular formula is C73H112O13. The normalized spacial score (nSPS) is 37.1. The second kappa shape index (κ2) is 25.9. The van der Waals surface area contributed by atoms with Gasteiger partial charge in [-0.25, -0.2) is 0 Å². The molecule has 8 aliphatic rings. The number of allylic oxidation sites excluding steroid dienone is 6. The summed E-state index contributed by atoms with van der Waals surface area (Å²) in [6.07, 6.45) is 9.00. The fourth-order valence-electron chi connectivity index (χ4n) is 19.2. The number of esters is 5. The molecule has 8 aliphatic carbocycles. The molecule has 0 saturated heterocycles. The number of carbonyl (C=O) groups is 5. The number of fused-ring (bicyclic) bond motifs is 8. The van der Waals surface area contributed by atoms with Crippen molar-refractivity contribution in [2.24, 2.45) is 79.8 Å². The molecule has 86 heavy (non-hydrogen) atoms. The van der Waals surface area contributed by atoms with E-state index >= 15 is 0 Å². The molecule has 0 radical (unpaired) electrons. The van der Waals surface area contributed by atoms with Crippen LogP contribution in [-0.2, 0) is 47.7 Å². The molecule has 13 heteroatoms. The lowest BCUT2D eigenvalue weighted by molar-refractivity contribution is -0.209. The quantitative estimate of drug-likeness (QED) is 0.0668. The van der Waals surface area contributed by atoms with E-state index in [2.05, 4.69) is 122 Å². The fourth-order valence-corrected chi connectivity index (χ4v) is 19.2. The second-order valence-electron chi connectivity index (χ2n) is 30.4. The number of rotatable bonds is 18. The molecule has 3 N–H and O–H groups in total. The summed E-state index contributed by atoms with van der Waals surface area (Å²) in [5.41, 5.74) is 5.86. The number of aliphatic hydroxyl groups is 3. The average molecular weight is 1200 g/mol. The van der Waals surface area contributed by atoms with Crippen molar-refractivity contribution in [1.29, 1.82) is 0 Å². The van der Waals surface area contributed by atoms with Crippen LogP contribution in [0.4, 0.5) is 0 Å². The van der Waals surface area contributed by atoms with Gasteiger partial charge in [-0.15, -0.1) is 0 Å². The number of aliphatic hydroxyl groups excluding tert-OH is 3. The van der Waals surface area contributed by atoms with Crippen LogP contribution in [-0.4, -0.2) is 94.0 Å². The molecular weight excluding hydrogens is 1080 g/mol. The fraction of sp³-hybridized carbons (Fsp3) is 0.767. The van der Waals surface area contributed by atoms with Crippen molar-refractivity contribution in [2.45, 2.75) is 277 Å². The van der Waals surface area contributed by atoms with Gasteiger partial charge in [0.25, 0.3) is 0 Å². The average Bonchev–Trinajstić information content (AvgIpc) is 1.21. The number of carbonyl (C=O) groups excluding carboxylic acids is 5. The van der Waals surface area contributed by atoms with Gasteiger partial charge in [0.15, 0.2) is 0 Å². The van der Waals surface area contributed by atoms with Gasteiger partial charge >= 0.3 is 29.8 Å². The topological polar surface area (TPSA) is 192 Å². The van der Waals surface area contributed by atoms with Gasteiger partial charge in [-0.3, -0.25) is 24.0 Å². The Kier molecular flexibility index (Phi) is 20.8. The Morgan fingerprint density at radius 3 is 1.27 bits per heavy atom. The Balaban J connectivity index is 0.000000247. The van der Waals surface area contributed by atoms with Crippen molar-refractivity contribution in [1.82, 2.24) is 0 Å². The zero-order valence-corrected chi connectivity index (χ0v) is 56.3. The molecule has 0 heterocycles. The molecule has 0 spiro atoms. The van der Waals surface area contributed by atoms with Crippen LogP contribution in [0.2, 0.25) is 0 Å². The van der Waals surface area contributed by atoms with Crippen LogP contribution < -0.4 is 0 Å². The molecule has 2 fully saturated rings. The highest BCUT2D eigenvalue weighted by Crippen LogP contribution is 2.70. The lowest BCUT2D eigenvalue weighted by Gasteiger charge is -2.62. The third kappa shape index (κ3) is 12.1. The standard InChI is InChI=1S/C38H58O7.C35H54O6/c1-12-30(40)44-28-20-37(10)29(36(8,9)34(28)45-31(41)13-2)19-16-25-27-18-17-26(23(6)15-14-22(5)21(3)4)38(27,11)35(43-24(7)39)33(42)32(25)37;1-11-28(37)41-26-18-34(9)27(33(7,8)31(26)39)17-14-23-25-16-15-24(21(5)13-12-20(4)19(2)3)35(25,10)32(40-22(6)36)30(38)29(23)34/h18,21,23,26,28-29,33-35,42H,5,12-17,19-20H2,1-4,6-11H3;16,19,21,24,26-27,30-32,38-39H,4,11-15,17-18H2,1-3,5-10H3/t23-,26-,28-,29+,33-,34+,35+,37?,38?;21-,24-,26-,27+,30-,31+,32+,34?,35?/m11/s1. The van der Waals surface area contributed by atoms with E-state index in [1.165, 1.54) is 47.3 Å². The minimum atomic E-state index is -1.01. The van der Waals surface area contributed by atoms with Crippen LogP contribution in [0, 0.1) is 79.8 Å². The molecule has 13 nitrogen and oxygen atoms in total. The number of hydrogen-bond donors (Lipinski definition) is 3. The van der Waals surface area contributed by atoms with Crippen molar-refractivity contribution in [2.75, 3.05) is 0 Å². The van der Waals surface area contributed by atoms with Crippen molar-refractivity contribution in [3.8, 4) is 0 Å². The molecule has 0 aromatic rings. The third-order valence-corrected chi connectivity index (χ3v) is 24.0. The minimum absolute atomic E-state index is 0.0331. The third-order valence-electron chi connectivity index (χ3n) is 24.0. The molecule has 2 saturated carbocycles. The van der Waals surface area contributed by atoms with E-state index in [9.17, 15) is 39.3 Å². The highest BCUT2D eigenvalue weighted by atomic mass is 16.6. The van der Waals surface area contributed by atoms with Crippen LogP contribution in [0.25, 0.3) is 0 Å². The molecule has 0 bridgehead atoms. The van der Waals surface area contributed by atoms with Gasteiger partial charge in [0.05, 0.1) is 6.10 Å². The van der Waals surface area contributed by atoms with E-state index in [-0.39, 0.29) is 60.8 Å². The zero-order valence-electron chi connectivity index (χ0n) is 56.3. The number of ether oxygens (including phenoxy) is 5. The molecule has 0 aromatic heterocycles. The maximum absolute atomic E-state index is 12.7. The van der Waals surface area contributed by atoms with Gasteiger partial charge in [0.2, 0.25) is 0 Å². The molecule has 18 atom stereocenters. The van der Waals surface area contributed by atoms with Crippen LogP contribution in [0.5, 0.6) is 0 Å². The Morgan fingerprint density at radius 2 is 0.895 bits per heavy atom. The smallest absolute Gasteiger partial charge is 0.305 e. The van der Waals surface area contributed by atoms with Crippen molar-refractivity contribution < 1.29 is 63.0 Å². The predicted molar refractivity (Wildman–Crippen MR) is 335 cm³/mol. The van der Waals surface area contributed by atoms with Crippen molar-refractivity contribution in [3.63, 3.8) is 0 Å². The summed E-state index contributed by atoms with van der Waals surface area (Å²) in [5, 5.41) is 36.2. The molecule has 0 aromatic carbocycles. The Hall–Kier alpha value is -4.33. The Labute approximate surface area is 517 Å². The van der Waals surface area contributed by atoms with E-state index in [1.54, 1.807) is 20.8 Å². The summed E-state index contributed by atoms with van der Waals surface area (Å²) in [7, 11) is 0. The van der Waals surface area contributed by atoms with E-state index in [4.69, 9.17) is 23.7 Å². The van der Waals surface area contributed by atoms with Crippen LogP contribution in [0.3, 0.4) is 0 Å². The second-order valence-corrected chi connectivity index (χ2v) is 30.4. The van der Waals surface area contributed by atoms with Crippen molar-refractivity contribution >= 4 is 29.8 Å². The zero-order chi connectivity index (χ0) is 64.3. The summed E-state index contributed by atoms with van der Waals surface area (Å²) in [4.78, 5) is 62.9. The van der Waals surface area contributed by atoms with Gasteiger partial charge in [-0.1, -0.05) is 154 Å². The highest BCUT2D eigenvalue weighted by Gasteiger charge is 2.68. The summed E-state index contributed by atoms with van der Waals surface area (Å²) < 4.78 is 30.2. The highest BCUT2D eigenvalue weighted by molar-refractivity contribution is 5.71. The van der Waals surface area contributed by atoms with E-state index in [0.29, 0.717) is 36.5 Å². The monoisotopic (exact) mass is 1200 g/mol. The van der Waals surface area contributed by atoms with Gasteiger partial charge in [-0.2, -0.15) is 0 Å². The van der Waals surface area contributed by atoms with Gasteiger partial charge in [0, 0.05) is 49.4 Å². The summed E-state index contributed by atoms with van der Waals surface area (Å²) in [5.74, 6) is 0.297. The first-order chi connectivity index (χ1) is 40.0. The maximum atomic E-state index is 12.7. The SMILES string of the molecule is C=C(CC[C@@H](C)[C@H]1CC=C2C3=C([C@@H](O)[C@H](OC(C)=O)C21C)C1(C)C[C@@H](OC(=O)CC)[C@H](O)C(C)(C)[C@@H]1CC3)C(C)C.C=C(CC[C@@H](C)[C@H]1CC=C2C3=C([C@@H](O)[C@H](OC(C)=O)C21C)C1(C)C[C@@H](OC(=O)CC)[C@H](OC(=O)CC)C(C)(C)[C@@H]1CC3)C(C)C. The molecule has 0 aliphatic heterocycles. The molecule has 482 valence electrons. The van der Waals surface area contributed by atoms with Gasteiger partial charge < -0.3 is 39.0 Å². The van der Waals surface area contributed by atoms with Gasteiger partial charge in [-0.05, 0) is 174 Å². The van der Waals surface area contributed by atoms with Gasteiger partial charge in [0.1, 0.15) is 42.7 Å². The first-order valence-corrected chi connectivity index (χ1v) is 33.2. The maximum Gasteiger partial charge on any atom is 0.305 e. The molecule has 0 amide bonds. The van der Waals surface area contributed by atoms with Crippen molar-refractivity contribution in [3.05, 3.63) is 69.9 Å². The summed E-state index contributed by atoms with van der Waals surface area (Å²) in [6.45, 7) is 47.0. The first-order valence-electron chi connectivity index (χ1n) is 33.2. The Bertz CT molecular complexity index is 2750. The van der Waals surface area contributed by atoms with E-state index in [1.807, 2.05) is 0 Å². The van der Waals surface area contributed by atoms with Crippen LogP contribution in [0.15, 0.2) is 69.9 Å². The molecule has 8 rings (SSSR count). The van der Waals surface area contributed by atoms with E-state index < -0.39 is 93.3 Å². The lowest BCUT2D eigenvalue weighted by Crippen LogP contribution is -2.63. The largest absolute Gasteiger partial charge is 0.460 e. The molecule has 4 unspecified atom stereocenters. The van der Waals surface area contributed by atoms with Crippen LogP contribution >= 0.6 is 0 Å². The first kappa shape index (κ1) is 69.1. The lowest BCUT2D eigenvalue weighted by atomic mass is 9.45. The predicted octanol–water partition coefficient (Wildman–Crippen LogP) is 14.4. The van der Waals surface area contributed by atoms with Crippen LogP contribution in [0.1, 0.15) is 228 Å². The summed E-state index contributed by atoms with van der Waals surface area (Å²) in [6, 6.07) is 0. The van der Waals surface area contributed by atoms with E-state index in [0.717, 1.165) is 75.4 Å². The number of hydrogen-bond acceptors (Lipinski definition) is 13. The minimum Gasteiger partial charge on any atom is -0.460 e. The summed E-state index contributed by atoms with van der Waals surface area (Å²) >= 11 is 0. The Morgan fingerprint density at radius 1 is 0.535 bits per heavy atom.